The fourth-order valence-electron chi connectivity index (χ4n) is 8.67. The minimum atomic E-state index is -0.949. The van der Waals surface area contributed by atoms with Crippen LogP contribution >= 0.6 is 0 Å². The summed E-state index contributed by atoms with van der Waals surface area (Å²) in [6.07, 6.45) is 34.0. The molecule has 0 saturated carbocycles. The molecule has 0 aliphatic heterocycles. The molecular formula is C56H101N3O8. The summed E-state index contributed by atoms with van der Waals surface area (Å²) in [6, 6.07) is 8.54. The van der Waals surface area contributed by atoms with Gasteiger partial charge in [-0.3, -0.25) is 19.2 Å². The molecule has 5 N–H and O–H groups in total. The van der Waals surface area contributed by atoms with Crippen molar-refractivity contribution >= 4 is 23.7 Å². The molecule has 67 heavy (non-hydrogen) atoms. The van der Waals surface area contributed by atoms with E-state index in [0.717, 1.165) is 63.4 Å². The topological polar surface area (TPSA) is 163 Å². The van der Waals surface area contributed by atoms with Gasteiger partial charge in [0.25, 0.3) is 0 Å². The first-order valence-electron chi connectivity index (χ1n) is 27.7. The quantitative estimate of drug-likeness (QED) is 0.0318. The Hall–Kier alpha value is -3.02. The Bertz CT molecular complexity index is 1320. The second-order valence-corrected chi connectivity index (χ2v) is 19.3. The third kappa shape index (κ3) is 37.5. The first-order chi connectivity index (χ1) is 32.8. The first-order valence-corrected chi connectivity index (χ1v) is 27.7. The molecule has 0 radical (unpaired) electrons. The average Bonchev–Trinajstić information content (AvgIpc) is 3.32. The number of unbranched alkanes of at least 4 members (excludes halogenated alkanes) is 24. The van der Waals surface area contributed by atoms with Crippen molar-refractivity contribution in [3.63, 3.8) is 0 Å². The van der Waals surface area contributed by atoms with Gasteiger partial charge in [-0.1, -0.05) is 212 Å². The van der Waals surface area contributed by atoms with Crippen molar-refractivity contribution in [2.75, 3.05) is 19.8 Å². The van der Waals surface area contributed by atoms with Crippen LogP contribution in [-0.4, -0.2) is 78.0 Å². The number of aliphatic hydroxyl groups excluding tert-OH is 2. The van der Waals surface area contributed by atoms with E-state index in [4.69, 9.17) is 9.47 Å². The standard InChI is InChI=1S/C56H101N3O8/c1-4-7-10-13-16-19-22-25-31-38-50(66-47-48-35-29-28-30-36-48)44-53(62)58-49(46-61)37-34-42-57-56(65)52(41-43-60)59-54(63)45-51(39-32-26-23-20-17-14-11-8-5-2)67-55(64)40-33-27-24-21-18-15-12-9-6-3/h28-30,35-36,49-52,60-61H,4-27,31-34,37-47H2,1-3H3,(H,57,65)(H,58,62)(H,59,63). The molecule has 0 spiro atoms. The predicted octanol–water partition coefficient (Wildman–Crippen LogP) is 12.3. The van der Waals surface area contributed by atoms with Crippen molar-refractivity contribution in [1.29, 1.82) is 0 Å². The number of ether oxygens (including phenoxy) is 2. The number of benzene rings is 1. The maximum atomic E-state index is 13.4. The van der Waals surface area contributed by atoms with Gasteiger partial charge in [-0.05, 0) is 50.5 Å². The second kappa shape index (κ2) is 45.4. The Kier molecular flexibility index (Phi) is 42.0. The van der Waals surface area contributed by atoms with Crippen molar-refractivity contribution in [3.8, 4) is 0 Å². The number of carbonyl (C=O) groups is 4. The van der Waals surface area contributed by atoms with Crippen molar-refractivity contribution in [2.24, 2.45) is 0 Å². The van der Waals surface area contributed by atoms with Crippen molar-refractivity contribution in [1.82, 2.24) is 16.0 Å². The van der Waals surface area contributed by atoms with Crippen LogP contribution in [0, 0.1) is 0 Å². The fraction of sp³-hybridized carbons (Fsp3) is 0.821. The number of amides is 3. The lowest BCUT2D eigenvalue weighted by Gasteiger charge is -2.22. The fourth-order valence-corrected chi connectivity index (χ4v) is 8.67. The van der Waals surface area contributed by atoms with Crippen molar-refractivity contribution in [2.45, 2.75) is 276 Å². The lowest BCUT2D eigenvalue weighted by molar-refractivity contribution is -0.151. The summed E-state index contributed by atoms with van der Waals surface area (Å²) in [7, 11) is 0. The summed E-state index contributed by atoms with van der Waals surface area (Å²) in [4.78, 5) is 52.8. The van der Waals surface area contributed by atoms with Gasteiger partial charge in [-0.2, -0.15) is 0 Å². The largest absolute Gasteiger partial charge is 0.462 e. The minimum Gasteiger partial charge on any atom is -0.462 e. The summed E-state index contributed by atoms with van der Waals surface area (Å²) in [6.45, 7) is 6.86. The van der Waals surface area contributed by atoms with Gasteiger partial charge in [0.2, 0.25) is 17.7 Å². The molecule has 3 amide bonds. The molecule has 0 heterocycles. The number of aliphatic hydroxyl groups is 2. The van der Waals surface area contributed by atoms with Crippen LogP contribution in [0.15, 0.2) is 30.3 Å². The van der Waals surface area contributed by atoms with E-state index in [1.807, 2.05) is 30.3 Å². The third-order valence-corrected chi connectivity index (χ3v) is 12.9. The van der Waals surface area contributed by atoms with E-state index in [1.54, 1.807) is 0 Å². The summed E-state index contributed by atoms with van der Waals surface area (Å²) in [5.41, 5.74) is 1.06. The molecule has 1 aromatic rings. The summed E-state index contributed by atoms with van der Waals surface area (Å²) >= 11 is 0. The number of hydrogen-bond donors (Lipinski definition) is 5. The summed E-state index contributed by atoms with van der Waals surface area (Å²) in [5, 5.41) is 28.5. The van der Waals surface area contributed by atoms with E-state index in [1.165, 1.54) is 122 Å². The predicted molar refractivity (Wildman–Crippen MR) is 275 cm³/mol. The Morgan fingerprint density at radius 1 is 0.522 bits per heavy atom. The Morgan fingerprint density at radius 2 is 0.985 bits per heavy atom. The molecule has 4 unspecified atom stereocenters. The molecule has 0 aliphatic carbocycles. The third-order valence-electron chi connectivity index (χ3n) is 12.9. The number of hydrogen-bond acceptors (Lipinski definition) is 8. The van der Waals surface area contributed by atoms with Crippen LogP contribution in [0.25, 0.3) is 0 Å². The molecule has 0 aromatic heterocycles. The van der Waals surface area contributed by atoms with Crippen LogP contribution in [0.1, 0.15) is 251 Å². The zero-order chi connectivity index (χ0) is 48.8. The van der Waals surface area contributed by atoms with E-state index in [-0.39, 0.29) is 57.0 Å². The molecule has 0 saturated heterocycles. The highest BCUT2D eigenvalue weighted by Gasteiger charge is 2.24. The summed E-state index contributed by atoms with van der Waals surface area (Å²) in [5.74, 6) is -1.26. The molecule has 0 aliphatic rings. The normalized spacial score (nSPS) is 13.1. The highest BCUT2D eigenvalue weighted by atomic mass is 16.5. The molecule has 0 bridgehead atoms. The molecule has 1 rings (SSSR count). The van der Waals surface area contributed by atoms with Gasteiger partial charge in [0.05, 0.1) is 38.2 Å². The van der Waals surface area contributed by atoms with Gasteiger partial charge in [-0.25, -0.2) is 0 Å². The minimum absolute atomic E-state index is 0.0368. The molecule has 388 valence electrons. The number of nitrogens with one attached hydrogen (secondary N) is 3. The monoisotopic (exact) mass is 944 g/mol. The lowest BCUT2D eigenvalue weighted by Crippen LogP contribution is -2.48. The Balaban J connectivity index is 2.63. The summed E-state index contributed by atoms with van der Waals surface area (Å²) < 4.78 is 12.2. The van der Waals surface area contributed by atoms with E-state index in [9.17, 15) is 29.4 Å². The molecule has 0 fully saturated rings. The average molecular weight is 944 g/mol. The zero-order valence-electron chi connectivity index (χ0n) is 43.1. The van der Waals surface area contributed by atoms with Gasteiger partial charge in [0, 0.05) is 19.6 Å². The molecule has 11 heteroatoms. The Labute approximate surface area is 409 Å². The zero-order valence-corrected chi connectivity index (χ0v) is 43.1. The molecular weight excluding hydrogens is 843 g/mol. The molecule has 4 atom stereocenters. The van der Waals surface area contributed by atoms with Crippen LogP contribution in [0.3, 0.4) is 0 Å². The van der Waals surface area contributed by atoms with Crippen LogP contribution in [0.5, 0.6) is 0 Å². The van der Waals surface area contributed by atoms with Gasteiger partial charge < -0.3 is 35.6 Å². The van der Waals surface area contributed by atoms with Gasteiger partial charge in [0.1, 0.15) is 12.1 Å². The second-order valence-electron chi connectivity index (χ2n) is 19.3. The van der Waals surface area contributed by atoms with Gasteiger partial charge in [0.15, 0.2) is 0 Å². The van der Waals surface area contributed by atoms with Crippen molar-refractivity contribution < 1.29 is 38.9 Å². The van der Waals surface area contributed by atoms with E-state index in [0.29, 0.717) is 32.3 Å². The SMILES string of the molecule is CCCCCCCCCCCC(=O)OC(CCCCCCCCCCC)CC(=O)NC(CCO)C(=O)NCCCC(CO)NC(=O)CC(CCCCCCCCCCC)OCc1ccccc1. The molecule has 11 nitrogen and oxygen atoms in total. The number of carbonyl (C=O) groups excluding carboxylic acids is 4. The first kappa shape index (κ1) is 62.0. The highest BCUT2D eigenvalue weighted by molar-refractivity contribution is 5.87. The van der Waals surface area contributed by atoms with Gasteiger partial charge >= 0.3 is 5.97 Å². The van der Waals surface area contributed by atoms with Crippen LogP contribution in [0.4, 0.5) is 0 Å². The van der Waals surface area contributed by atoms with Crippen molar-refractivity contribution in [3.05, 3.63) is 35.9 Å². The van der Waals surface area contributed by atoms with Crippen LogP contribution in [0.2, 0.25) is 0 Å². The van der Waals surface area contributed by atoms with E-state index >= 15 is 0 Å². The number of rotatable bonds is 48. The maximum absolute atomic E-state index is 13.4. The maximum Gasteiger partial charge on any atom is 0.306 e. The number of esters is 1. The highest BCUT2D eigenvalue weighted by Crippen LogP contribution is 2.19. The molecule has 1 aromatic carbocycles. The van der Waals surface area contributed by atoms with E-state index in [2.05, 4.69) is 36.7 Å². The van der Waals surface area contributed by atoms with Gasteiger partial charge in [-0.15, -0.1) is 0 Å². The Morgan fingerprint density at radius 3 is 1.49 bits per heavy atom. The van der Waals surface area contributed by atoms with Crippen LogP contribution in [-0.2, 0) is 35.3 Å². The van der Waals surface area contributed by atoms with Crippen LogP contribution < -0.4 is 16.0 Å². The van der Waals surface area contributed by atoms with E-state index < -0.39 is 30.0 Å². The smallest absolute Gasteiger partial charge is 0.306 e. The lowest BCUT2D eigenvalue weighted by atomic mass is 10.0.